The van der Waals surface area contributed by atoms with Crippen LogP contribution in [-0.2, 0) is 4.74 Å². The topological polar surface area (TPSA) is 53.3 Å². The molecule has 0 saturated carbocycles. The highest BCUT2D eigenvalue weighted by Crippen LogP contribution is 2.45. The number of nitriles is 1. The molecule has 33 heavy (non-hydrogen) atoms. The van der Waals surface area contributed by atoms with Crippen molar-refractivity contribution in [3.8, 4) is 17.2 Å². The maximum Gasteiger partial charge on any atom is 0.410 e. The van der Waals surface area contributed by atoms with Crippen molar-refractivity contribution in [2.24, 2.45) is 0 Å². The maximum absolute atomic E-state index is 13.2. The zero-order valence-corrected chi connectivity index (χ0v) is 18.3. The second-order valence-electron chi connectivity index (χ2n) is 9.10. The average Bonchev–Trinajstić information content (AvgIpc) is 3.33. The molecule has 0 radical (unpaired) electrons. The van der Waals surface area contributed by atoms with Crippen LogP contribution in [0.2, 0.25) is 0 Å². The first kappa shape index (κ1) is 19.8. The molecular formula is C29H24N2O2. The van der Waals surface area contributed by atoms with Gasteiger partial charge in [-0.25, -0.2) is 4.79 Å². The molecule has 1 amide bonds. The van der Waals surface area contributed by atoms with Gasteiger partial charge in [-0.15, -0.1) is 0 Å². The minimum atomic E-state index is -0.217. The van der Waals surface area contributed by atoms with E-state index in [0.29, 0.717) is 12.2 Å². The lowest BCUT2D eigenvalue weighted by Crippen LogP contribution is -2.43. The van der Waals surface area contributed by atoms with Crippen molar-refractivity contribution in [2.75, 3.05) is 6.61 Å². The van der Waals surface area contributed by atoms with Crippen LogP contribution in [0.1, 0.15) is 47.4 Å². The molecule has 0 N–H and O–H groups in total. The monoisotopic (exact) mass is 432 g/mol. The van der Waals surface area contributed by atoms with Crippen molar-refractivity contribution in [3.63, 3.8) is 0 Å². The van der Waals surface area contributed by atoms with Crippen molar-refractivity contribution in [2.45, 2.75) is 37.3 Å². The van der Waals surface area contributed by atoms with Gasteiger partial charge in [0.2, 0.25) is 0 Å². The summed E-state index contributed by atoms with van der Waals surface area (Å²) in [6, 6.07) is 27.0. The molecule has 3 aromatic carbocycles. The number of benzene rings is 3. The van der Waals surface area contributed by atoms with Crippen molar-refractivity contribution in [3.05, 3.63) is 101 Å². The summed E-state index contributed by atoms with van der Waals surface area (Å²) in [6.45, 7) is 0.351. The third-order valence-corrected chi connectivity index (χ3v) is 7.30. The van der Waals surface area contributed by atoms with Gasteiger partial charge in [0.25, 0.3) is 0 Å². The van der Waals surface area contributed by atoms with Crippen molar-refractivity contribution in [1.82, 2.24) is 4.90 Å². The summed E-state index contributed by atoms with van der Waals surface area (Å²) in [5, 5.41) is 9.22. The highest BCUT2D eigenvalue weighted by Gasteiger charge is 2.41. The molecule has 2 aliphatic heterocycles. The number of nitrogens with zero attached hydrogens (tertiary/aromatic N) is 2. The van der Waals surface area contributed by atoms with Gasteiger partial charge in [0, 0.05) is 12.0 Å². The van der Waals surface area contributed by atoms with Gasteiger partial charge in [0.05, 0.1) is 17.7 Å². The van der Waals surface area contributed by atoms with E-state index in [1.807, 2.05) is 23.1 Å². The van der Waals surface area contributed by atoms with E-state index in [2.05, 4.69) is 66.7 Å². The molecule has 1 saturated heterocycles. The molecule has 4 nitrogen and oxygen atoms in total. The summed E-state index contributed by atoms with van der Waals surface area (Å²) < 4.78 is 5.95. The predicted octanol–water partition coefficient (Wildman–Crippen LogP) is 6.13. The van der Waals surface area contributed by atoms with Gasteiger partial charge >= 0.3 is 6.09 Å². The average molecular weight is 433 g/mol. The van der Waals surface area contributed by atoms with Crippen LogP contribution < -0.4 is 0 Å². The molecule has 2 unspecified atom stereocenters. The fraction of sp³-hybridized carbons (Fsp3) is 0.241. The number of hydrogen-bond donors (Lipinski definition) is 0. The van der Waals surface area contributed by atoms with E-state index in [-0.39, 0.29) is 24.1 Å². The summed E-state index contributed by atoms with van der Waals surface area (Å²) in [6.07, 6.45) is 4.71. The first-order valence-corrected chi connectivity index (χ1v) is 11.6. The van der Waals surface area contributed by atoms with E-state index < -0.39 is 0 Å². The molecular weight excluding hydrogens is 408 g/mol. The summed E-state index contributed by atoms with van der Waals surface area (Å²) in [5.74, 6) is 0.0728. The van der Waals surface area contributed by atoms with Crippen molar-refractivity contribution >= 4 is 11.7 Å². The van der Waals surface area contributed by atoms with Gasteiger partial charge in [-0.1, -0.05) is 66.7 Å². The van der Waals surface area contributed by atoms with Crippen LogP contribution in [0.15, 0.2) is 78.9 Å². The Hall–Kier alpha value is -3.84. The molecule has 0 spiro atoms. The Kier molecular flexibility index (Phi) is 4.77. The highest BCUT2D eigenvalue weighted by atomic mass is 16.6. The Bertz CT molecular complexity index is 1270. The largest absolute Gasteiger partial charge is 0.448 e. The zero-order chi connectivity index (χ0) is 22.4. The third-order valence-electron chi connectivity index (χ3n) is 7.30. The van der Waals surface area contributed by atoms with E-state index in [4.69, 9.17) is 4.74 Å². The Morgan fingerprint density at radius 3 is 2.39 bits per heavy atom. The number of rotatable bonds is 3. The van der Waals surface area contributed by atoms with Gasteiger partial charge in [-0.05, 0) is 64.8 Å². The molecule has 3 aliphatic rings. The molecule has 6 rings (SSSR count). The Labute approximate surface area is 193 Å². The van der Waals surface area contributed by atoms with E-state index in [1.165, 1.54) is 27.8 Å². The summed E-state index contributed by atoms with van der Waals surface area (Å²) >= 11 is 0. The van der Waals surface area contributed by atoms with E-state index in [1.54, 1.807) is 0 Å². The van der Waals surface area contributed by atoms with Crippen molar-refractivity contribution in [1.29, 1.82) is 5.26 Å². The maximum atomic E-state index is 13.2. The van der Waals surface area contributed by atoms with Gasteiger partial charge in [0.15, 0.2) is 0 Å². The second-order valence-corrected chi connectivity index (χ2v) is 9.10. The fourth-order valence-corrected chi connectivity index (χ4v) is 5.79. The standard InChI is InChI=1S/C29H24N2O2/c30-17-19-6-5-7-20(14-19)21-15-22-12-13-23(16-21)31(22)29(32)33-18-28-26-10-3-1-8-24(26)25-9-2-4-11-27(25)28/h1-11,14-15,22-23,28H,12-13,16,18H2. The fourth-order valence-electron chi connectivity index (χ4n) is 5.79. The smallest absolute Gasteiger partial charge is 0.410 e. The van der Waals surface area contributed by atoms with Gasteiger partial charge in [-0.2, -0.15) is 5.26 Å². The molecule has 1 aliphatic carbocycles. The van der Waals surface area contributed by atoms with Crippen molar-refractivity contribution < 1.29 is 9.53 Å². The third kappa shape index (κ3) is 3.32. The lowest BCUT2D eigenvalue weighted by molar-refractivity contribution is 0.0866. The molecule has 4 heteroatoms. The minimum Gasteiger partial charge on any atom is -0.448 e. The van der Waals surface area contributed by atoms with E-state index >= 15 is 0 Å². The number of carbonyl (C=O) groups is 1. The molecule has 0 aromatic heterocycles. The highest BCUT2D eigenvalue weighted by molar-refractivity contribution is 5.79. The normalized spacial score (nSPS) is 20.6. The number of hydrogen-bond acceptors (Lipinski definition) is 3. The van der Waals surface area contributed by atoms with Crippen LogP contribution in [0, 0.1) is 11.3 Å². The van der Waals surface area contributed by atoms with Crippen LogP contribution in [0.3, 0.4) is 0 Å². The van der Waals surface area contributed by atoms with Gasteiger partial charge in [0.1, 0.15) is 6.61 Å². The number of amides is 1. The first-order valence-electron chi connectivity index (χ1n) is 11.6. The lowest BCUT2D eigenvalue weighted by Gasteiger charge is -2.33. The summed E-state index contributed by atoms with van der Waals surface area (Å²) in [4.78, 5) is 15.1. The van der Waals surface area contributed by atoms with Gasteiger partial charge < -0.3 is 4.74 Å². The lowest BCUT2D eigenvalue weighted by atomic mass is 9.94. The summed E-state index contributed by atoms with van der Waals surface area (Å²) in [5.41, 5.74) is 7.90. The second kappa shape index (κ2) is 7.94. The van der Waals surface area contributed by atoms with Crippen LogP contribution in [-0.4, -0.2) is 29.7 Å². The quantitative estimate of drug-likeness (QED) is 0.500. The van der Waals surface area contributed by atoms with Crippen LogP contribution in [0.4, 0.5) is 4.79 Å². The minimum absolute atomic E-state index is 0.0557. The number of carbonyl (C=O) groups excluding carboxylic acids is 1. The van der Waals surface area contributed by atoms with Crippen LogP contribution in [0.5, 0.6) is 0 Å². The molecule has 2 atom stereocenters. The van der Waals surface area contributed by atoms with Crippen LogP contribution in [0.25, 0.3) is 16.7 Å². The summed E-state index contributed by atoms with van der Waals surface area (Å²) in [7, 11) is 0. The van der Waals surface area contributed by atoms with E-state index in [9.17, 15) is 10.1 Å². The molecule has 3 aromatic rings. The van der Waals surface area contributed by atoms with E-state index in [0.717, 1.165) is 24.8 Å². The number of ether oxygens (including phenoxy) is 1. The van der Waals surface area contributed by atoms with Gasteiger partial charge in [-0.3, -0.25) is 4.90 Å². The molecule has 2 bridgehead atoms. The molecule has 1 fully saturated rings. The first-order chi connectivity index (χ1) is 16.2. The SMILES string of the molecule is N#Cc1cccc(C2=CC3CCC(C2)N3C(=O)OCC2c3ccccc3-c3ccccc32)c1. The Morgan fingerprint density at radius 1 is 0.970 bits per heavy atom. The predicted molar refractivity (Wildman–Crippen MR) is 127 cm³/mol. The zero-order valence-electron chi connectivity index (χ0n) is 18.3. The van der Waals surface area contributed by atoms with Crippen LogP contribution >= 0.6 is 0 Å². The molecule has 162 valence electrons. The Morgan fingerprint density at radius 2 is 1.70 bits per heavy atom. The number of fused-ring (bicyclic) bond motifs is 5. The molecule has 2 heterocycles. The Balaban J connectivity index is 1.20.